The van der Waals surface area contributed by atoms with E-state index in [1.54, 1.807) is 11.8 Å². The first-order valence-electron chi connectivity index (χ1n) is 7.65. The third kappa shape index (κ3) is 5.33. The summed E-state index contributed by atoms with van der Waals surface area (Å²) in [6.07, 6.45) is 9.72. The monoisotopic (exact) mass is 275 g/mol. The summed E-state index contributed by atoms with van der Waals surface area (Å²) in [5, 5.41) is 0. The van der Waals surface area contributed by atoms with Crippen molar-refractivity contribution in [1.29, 1.82) is 0 Å². The SMILES string of the molecule is C=C(C)C1CC=C(CN(C)Cc2ncc[nH]2)CC1.CC. The van der Waals surface area contributed by atoms with E-state index in [0.717, 1.165) is 18.9 Å². The van der Waals surface area contributed by atoms with Crippen LogP contribution in [0, 0.1) is 5.92 Å². The number of hydrogen-bond acceptors (Lipinski definition) is 2. The zero-order valence-electron chi connectivity index (χ0n) is 13.4. The Kier molecular flexibility index (Phi) is 7.31. The first kappa shape index (κ1) is 16.7. The van der Waals surface area contributed by atoms with E-state index in [4.69, 9.17) is 0 Å². The van der Waals surface area contributed by atoms with Crippen LogP contribution in [0.25, 0.3) is 0 Å². The van der Waals surface area contributed by atoms with Crippen LogP contribution in [0.1, 0.15) is 45.9 Å². The number of likely N-dealkylation sites (N-methyl/N-ethyl adjacent to an activating group) is 1. The Balaban J connectivity index is 0.000000956. The number of nitrogens with zero attached hydrogens (tertiary/aromatic N) is 2. The summed E-state index contributed by atoms with van der Waals surface area (Å²) >= 11 is 0. The van der Waals surface area contributed by atoms with Crippen molar-refractivity contribution in [2.24, 2.45) is 5.92 Å². The maximum atomic E-state index is 4.26. The Labute approximate surface area is 123 Å². The minimum Gasteiger partial charge on any atom is -0.348 e. The number of hydrogen-bond donors (Lipinski definition) is 1. The highest BCUT2D eigenvalue weighted by Gasteiger charge is 2.15. The van der Waals surface area contributed by atoms with Crippen LogP contribution in [-0.2, 0) is 6.54 Å². The molecule has 20 heavy (non-hydrogen) atoms. The Morgan fingerprint density at radius 1 is 1.45 bits per heavy atom. The first-order chi connectivity index (χ1) is 9.65. The fraction of sp³-hybridized carbons (Fsp3) is 0.588. The molecule has 0 fully saturated rings. The van der Waals surface area contributed by atoms with Crippen molar-refractivity contribution >= 4 is 0 Å². The van der Waals surface area contributed by atoms with Crippen molar-refractivity contribution in [3.63, 3.8) is 0 Å². The molecule has 1 N–H and O–H groups in total. The number of aromatic amines is 1. The second-order valence-electron chi connectivity index (χ2n) is 5.39. The topological polar surface area (TPSA) is 31.9 Å². The molecule has 0 radical (unpaired) electrons. The van der Waals surface area contributed by atoms with Crippen LogP contribution in [0.4, 0.5) is 0 Å². The van der Waals surface area contributed by atoms with Crippen LogP contribution < -0.4 is 0 Å². The van der Waals surface area contributed by atoms with Crippen LogP contribution in [0.3, 0.4) is 0 Å². The summed E-state index contributed by atoms with van der Waals surface area (Å²) in [5.74, 6) is 1.73. The van der Waals surface area contributed by atoms with E-state index in [1.165, 1.54) is 24.8 Å². The standard InChI is InChI=1S/C15H23N3.C2H6/c1-12(2)14-6-4-13(5-7-14)10-18(3)11-15-16-8-9-17-15;1-2/h4,8-9,14H,1,5-7,10-11H2,2-3H3,(H,16,17);1-2H3. The number of aromatic nitrogens is 2. The molecule has 1 aliphatic carbocycles. The lowest BCUT2D eigenvalue weighted by atomic mass is 9.85. The predicted octanol–water partition coefficient (Wildman–Crippen LogP) is 4.17. The van der Waals surface area contributed by atoms with Gasteiger partial charge in [-0.25, -0.2) is 4.98 Å². The second-order valence-corrected chi connectivity index (χ2v) is 5.39. The number of imidazole rings is 1. The van der Waals surface area contributed by atoms with Gasteiger partial charge >= 0.3 is 0 Å². The molecule has 3 nitrogen and oxygen atoms in total. The molecule has 1 heterocycles. The van der Waals surface area contributed by atoms with E-state index in [2.05, 4.69) is 41.5 Å². The highest BCUT2D eigenvalue weighted by molar-refractivity contribution is 5.13. The van der Waals surface area contributed by atoms with Gasteiger partial charge in [0, 0.05) is 18.9 Å². The Morgan fingerprint density at radius 3 is 2.70 bits per heavy atom. The van der Waals surface area contributed by atoms with Crippen molar-refractivity contribution in [1.82, 2.24) is 14.9 Å². The highest BCUT2D eigenvalue weighted by atomic mass is 15.1. The third-order valence-corrected chi connectivity index (χ3v) is 3.65. The van der Waals surface area contributed by atoms with E-state index in [1.807, 2.05) is 20.0 Å². The van der Waals surface area contributed by atoms with Gasteiger partial charge in [0.1, 0.15) is 5.82 Å². The molecule has 1 aromatic rings. The summed E-state index contributed by atoms with van der Waals surface area (Å²) in [7, 11) is 2.15. The molecule has 0 amide bonds. The van der Waals surface area contributed by atoms with Crippen molar-refractivity contribution in [3.8, 4) is 0 Å². The molecule has 0 bridgehead atoms. The van der Waals surface area contributed by atoms with E-state index >= 15 is 0 Å². The molecule has 0 spiro atoms. The summed E-state index contributed by atoms with van der Waals surface area (Å²) in [6.45, 7) is 12.1. The molecule has 1 atom stereocenters. The minimum atomic E-state index is 0.698. The average molecular weight is 275 g/mol. The molecule has 1 aliphatic rings. The largest absolute Gasteiger partial charge is 0.348 e. The average Bonchev–Trinajstić information content (AvgIpc) is 2.94. The Morgan fingerprint density at radius 2 is 2.20 bits per heavy atom. The number of nitrogens with one attached hydrogen (secondary N) is 1. The zero-order valence-corrected chi connectivity index (χ0v) is 13.4. The van der Waals surface area contributed by atoms with Gasteiger partial charge in [-0.2, -0.15) is 0 Å². The summed E-state index contributed by atoms with van der Waals surface area (Å²) < 4.78 is 0. The fourth-order valence-corrected chi connectivity index (χ4v) is 2.52. The minimum absolute atomic E-state index is 0.698. The Bertz CT molecular complexity index is 417. The van der Waals surface area contributed by atoms with Gasteiger partial charge in [-0.1, -0.05) is 37.6 Å². The molecule has 112 valence electrons. The van der Waals surface area contributed by atoms with E-state index in [0.29, 0.717) is 5.92 Å². The quantitative estimate of drug-likeness (QED) is 0.818. The van der Waals surface area contributed by atoms with Crippen LogP contribution >= 0.6 is 0 Å². The molecule has 0 saturated carbocycles. The molecule has 2 rings (SSSR count). The summed E-state index contributed by atoms with van der Waals surface area (Å²) in [4.78, 5) is 9.71. The van der Waals surface area contributed by atoms with Crippen LogP contribution in [0.2, 0.25) is 0 Å². The second kappa shape index (κ2) is 8.75. The van der Waals surface area contributed by atoms with Gasteiger partial charge in [-0.3, -0.25) is 4.90 Å². The number of H-pyrrole nitrogens is 1. The van der Waals surface area contributed by atoms with Crippen molar-refractivity contribution in [2.75, 3.05) is 13.6 Å². The molecular formula is C17H29N3. The Hall–Kier alpha value is -1.35. The van der Waals surface area contributed by atoms with Gasteiger partial charge in [0.15, 0.2) is 0 Å². The van der Waals surface area contributed by atoms with Gasteiger partial charge in [0.25, 0.3) is 0 Å². The molecule has 3 heteroatoms. The van der Waals surface area contributed by atoms with Crippen molar-refractivity contribution < 1.29 is 0 Å². The molecule has 1 aromatic heterocycles. The lowest BCUT2D eigenvalue weighted by Crippen LogP contribution is -2.23. The van der Waals surface area contributed by atoms with Gasteiger partial charge < -0.3 is 4.98 Å². The molecular weight excluding hydrogens is 246 g/mol. The first-order valence-corrected chi connectivity index (χ1v) is 7.65. The van der Waals surface area contributed by atoms with Crippen LogP contribution in [0.15, 0.2) is 36.2 Å². The van der Waals surface area contributed by atoms with Gasteiger partial charge in [-0.15, -0.1) is 0 Å². The van der Waals surface area contributed by atoms with E-state index in [-0.39, 0.29) is 0 Å². The molecule has 0 aromatic carbocycles. The maximum absolute atomic E-state index is 4.26. The summed E-state index contributed by atoms with van der Waals surface area (Å²) in [6, 6.07) is 0. The van der Waals surface area contributed by atoms with Gasteiger partial charge in [0.05, 0.1) is 6.54 Å². The highest BCUT2D eigenvalue weighted by Crippen LogP contribution is 2.28. The lowest BCUT2D eigenvalue weighted by molar-refractivity contribution is 0.337. The van der Waals surface area contributed by atoms with E-state index < -0.39 is 0 Å². The predicted molar refractivity (Wildman–Crippen MR) is 86.5 cm³/mol. The lowest BCUT2D eigenvalue weighted by Gasteiger charge is -2.25. The van der Waals surface area contributed by atoms with Crippen LogP contribution in [-0.4, -0.2) is 28.5 Å². The van der Waals surface area contributed by atoms with E-state index in [9.17, 15) is 0 Å². The van der Waals surface area contributed by atoms with Gasteiger partial charge in [-0.05, 0) is 39.2 Å². The fourth-order valence-electron chi connectivity index (χ4n) is 2.52. The van der Waals surface area contributed by atoms with Crippen molar-refractivity contribution in [3.05, 3.63) is 42.0 Å². The van der Waals surface area contributed by atoms with Crippen LogP contribution in [0.5, 0.6) is 0 Å². The zero-order chi connectivity index (χ0) is 15.0. The molecule has 0 aliphatic heterocycles. The molecule has 0 saturated heterocycles. The number of rotatable bonds is 5. The van der Waals surface area contributed by atoms with Gasteiger partial charge in [0.2, 0.25) is 0 Å². The maximum Gasteiger partial charge on any atom is 0.120 e. The number of allylic oxidation sites excluding steroid dienone is 2. The molecule has 1 unspecified atom stereocenters. The smallest absolute Gasteiger partial charge is 0.120 e. The summed E-state index contributed by atoms with van der Waals surface area (Å²) in [5.41, 5.74) is 2.88. The third-order valence-electron chi connectivity index (χ3n) is 3.65. The normalized spacial score (nSPS) is 18.2. The van der Waals surface area contributed by atoms with Crippen molar-refractivity contribution in [2.45, 2.75) is 46.6 Å².